The Kier molecular flexibility index (Phi) is 7.40. The first-order valence-corrected chi connectivity index (χ1v) is 9.00. The highest BCUT2D eigenvalue weighted by Gasteiger charge is 2.39. The van der Waals surface area contributed by atoms with E-state index in [1.807, 2.05) is 30.3 Å². The highest BCUT2D eigenvalue weighted by molar-refractivity contribution is 5.86. The lowest BCUT2D eigenvalue weighted by atomic mass is 9.97. The summed E-state index contributed by atoms with van der Waals surface area (Å²) in [5.41, 5.74) is 0.904. The topological polar surface area (TPSA) is 61.9 Å². The van der Waals surface area contributed by atoms with Crippen molar-refractivity contribution >= 4 is 11.8 Å². The van der Waals surface area contributed by atoms with E-state index in [0.29, 0.717) is 6.54 Å². The van der Waals surface area contributed by atoms with Crippen LogP contribution in [0.2, 0.25) is 0 Å². The van der Waals surface area contributed by atoms with Crippen molar-refractivity contribution in [2.24, 2.45) is 0 Å². The van der Waals surface area contributed by atoms with E-state index in [9.17, 15) is 9.59 Å². The van der Waals surface area contributed by atoms with Crippen LogP contribution in [0.15, 0.2) is 30.3 Å². The maximum atomic E-state index is 12.6. The standard InChI is InChI=1S/C19H29N3O3/c1-4-22(5-2)13-9-12-20-19(24)18-17(15-10-7-6-8-11-15)21(3)16(23)14-25-18/h6-8,10-11,17-18H,4-5,9,12-14H2,1-3H3,(H,20,24)/t17-,18+/m1/s1. The molecular formula is C19H29N3O3. The average Bonchev–Trinajstić information content (AvgIpc) is 2.64. The van der Waals surface area contributed by atoms with E-state index in [2.05, 4.69) is 24.1 Å². The molecule has 0 bridgehead atoms. The van der Waals surface area contributed by atoms with E-state index >= 15 is 0 Å². The highest BCUT2D eigenvalue weighted by Crippen LogP contribution is 2.28. The predicted molar refractivity (Wildman–Crippen MR) is 97.1 cm³/mol. The van der Waals surface area contributed by atoms with Crippen molar-refractivity contribution in [2.75, 3.05) is 39.8 Å². The predicted octanol–water partition coefficient (Wildman–Crippen LogP) is 1.43. The van der Waals surface area contributed by atoms with Crippen molar-refractivity contribution in [3.8, 4) is 0 Å². The summed E-state index contributed by atoms with van der Waals surface area (Å²) < 4.78 is 5.60. The number of hydrogen-bond donors (Lipinski definition) is 1. The van der Waals surface area contributed by atoms with Crippen molar-refractivity contribution in [3.63, 3.8) is 0 Å². The van der Waals surface area contributed by atoms with Gasteiger partial charge in [-0.25, -0.2) is 0 Å². The van der Waals surface area contributed by atoms with Crippen LogP contribution in [0.25, 0.3) is 0 Å². The lowest BCUT2D eigenvalue weighted by Gasteiger charge is -2.38. The van der Waals surface area contributed by atoms with Crippen LogP contribution < -0.4 is 5.32 Å². The van der Waals surface area contributed by atoms with Crippen molar-refractivity contribution in [1.82, 2.24) is 15.1 Å². The largest absolute Gasteiger partial charge is 0.356 e. The van der Waals surface area contributed by atoms with E-state index in [4.69, 9.17) is 4.74 Å². The summed E-state index contributed by atoms with van der Waals surface area (Å²) in [6.07, 6.45) is 0.212. The zero-order valence-electron chi connectivity index (χ0n) is 15.4. The van der Waals surface area contributed by atoms with Crippen LogP contribution in [0.4, 0.5) is 0 Å². The van der Waals surface area contributed by atoms with Crippen LogP contribution in [0, 0.1) is 0 Å². The van der Waals surface area contributed by atoms with Crippen LogP contribution in [-0.2, 0) is 14.3 Å². The first-order chi connectivity index (χ1) is 12.1. The lowest BCUT2D eigenvalue weighted by molar-refractivity contribution is -0.162. The summed E-state index contributed by atoms with van der Waals surface area (Å²) in [5, 5.41) is 2.96. The van der Waals surface area contributed by atoms with Crippen molar-refractivity contribution in [2.45, 2.75) is 32.4 Å². The number of amides is 2. The van der Waals surface area contributed by atoms with E-state index < -0.39 is 12.1 Å². The van der Waals surface area contributed by atoms with E-state index in [-0.39, 0.29) is 18.4 Å². The monoisotopic (exact) mass is 347 g/mol. The molecule has 1 heterocycles. The first-order valence-electron chi connectivity index (χ1n) is 9.00. The van der Waals surface area contributed by atoms with E-state index in [1.165, 1.54) is 0 Å². The Bertz CT molecular complexity index is 560. The van der Waals surface area contributed by atoms with Crippen molar-refractivity contribution < 1.29 is 14.3 Å². The molecule has 2 rings (SSSR count). The van der Waals surface area contributed by atoms with Crippen LogP contribution in [-0.4, -0.2) is 67.6 Å². The maximum Gasteiger partial charge on any atom is 0.251 e. The van der Waals surface area contributed by atoms with Crippen molar-refractivity contribution in [1.29, 1.82) is 0 Å². The third kappa shape index (κ3) is 5.03. The Labute approximate surface area is 150 Å². The molecule has 138 valence electrons. The van der Waals surface area contributed by atoms with Crippen molar-refractivity contribution in [3.05, 3.63) is 35.9 Å². The second-order valence-electron chi connectivity index (χ2n) is 6.26. The van der Waals surface area contributed by atoms with Crippen LogP contribution in [0.5, 0.6) is 0 Å². The first kappa shape index (κ1) is 19.4. The molecule has 1 aromatic rings. The van der Waals surface area contributed by atoms with Crippen LogP contribution >= 0.6 is 0 Å². The number of nitrogens with one attached hydrogen (secondary N) is 1. The van der Waals surface area contributed by atoms with Gasteiger partial charge in [-0.1, -0.05) is 44.2 Å². The van der Waals surface area contributed by atoms with Gasteiger partial charge in [0.05, 0.1) is 6.04 Å². The Hall–Kier alpha value is -1.92. The Balaban J connectivity index is 1.97. The third-order valence-corrected chi connectivity index (χ3v) is 4.73. The molecule has 25 heavy (non-hydrogen) atoms. The fraction of sp³-hybridized carbons (Fsp3) is 0.579. The van der Waals surface area contributed by atoms with Gasteiger partial charge in [0, 0.05) is 13.6 Å². The zero-order chi connectivity index (χ0) is 18.2. The SMILES string of the molecule is CCN(CC)CCCNC(=O)[C@H]1OCC(=O)N(C)[C@@H]1c1ccccc1. The van der Waals surface area contributed by atoms with Gasteiger partial charge in [0.1, 0.15) is 6.61 Å². The molecule has 2 atom stereocenters. The van der Waals surface area contributed by atoms with Crippen LogP contribution in [0.1, 0.15) is 31.9 Å². The minimum atomic E-state index is -0.682. The number of hydrogen-bond acceptors (Lipinski definition) is 4. The summed E-state index contributed by atoms with van der Waals surface area (Å²) in [4.78, 5) is 28.6. The van der Waals surface area contributed by atoms with Gasteiger partial charge in [0.2, 0.25) is 5.91 Å². The van der Waals surface area contributed by atoms with Gasteiger partial charge in [-0.05, 0) is 31.6 Å². The second kappa shape index (κ2) is 9.53. The minimum Gasteiger partial charge on any atom is -0.356 e. The summed E-state index contributed by atoms with van der Waals surface area (Å²) in [7, 11) is 1.73. The second-order valence-corrected chi connectivity index (χ2v) is 6.26. The summed E-state index contributed by atoms with van der Waals surface area (Å²) >= 11 is 0. The Morgan fingerprint density at radius 2 is 1.96 bits per heavy atom. The summed E-state index contributed by atoms with van der Waals surface area (Å²) in [6.45, 7) is 7.80. The van der Waals surface area contributed by atoms with Gasteiger partial charge in [0.25, 0.3) is 5.91 Å². The molecule has 0 aliphatic carbocycles. The molecule has 0 unspecified atom stereocenters. The average molecular weight is 347 g/mol. The Morgan fingerprint density at radius 1 is 1.28 bits per heavy atom. The zero-order valence-corrected chi connectivity index (χ0v) is 15.4. The summed E-state index contributed by atoms with van der Waals surface area (Å²) in [6, 6.07) is 9.17. The molecule has 1 aliphatic heterocycles. The van der Waals surface area contributed by atoms with E-state index in [1.54, 1.807) is 11.9 Å². The molecule has 1 aromatic carbocycles. The highest BCUT2D eigenvalue weighted by atomic mass is 16.5. The molecule has 0 spiro atoms. The van der Waals surface area contributed by atoms with Gasteiger partial charge in [-0.2, -0.15) is 0 Å². The number of morpholine rings is 1. The molecule has 6 heteroatoms. The lowest BCUT2D eigenvalue weighted by Crippen LogP contribution is -2.53. The number of rotatable bonds is 8. The van der Waals surface area contributed by atoms with E-state index in [0.717, 1.165) is 31.6 Å². The number of carbonyl (C=O) groups excluding carboxylic acids is 2. The Morgan fingerprint density at radius 3 is 2.60 bits per heavy atom. The molecule has 0 saturated carbocycles. The smallest absolute Gasteiger partial charge is 0.251 e. The fourth-order valence-electron chi connectivity index (χ4n) is 3.13. The molecule has 1 saturated heterocycles. The minimum absolute atomic E-state index is 0.0582. The quantitative estimate of drug-likeness (QED) is 0.723. The van der Waals surface area contributed by atoms with Gasteiger partial charge >= 0.3 is 0 Å². The van der Waals surface area contributed by atoms with Gasteiger partial charge in [0.15, 0.2) is 6.10 Å². The summed E-state index contributed by atoms with van der Waals surface area (Å²) in [5.74, 6) is -0.271. The van der Waals surface area contributed by atoms with Gasteiger partial charge in [-0.3, -0.25) is 9.59 Å². The molecular weight excluding hydrogens is 318 g/mol. The molecule has 2 amide bonds. The van der Waals surface area contributed by atoms with Crippen LogP contribution in [0.3, 0.4) is 0 Å². The molecule has 1 fully saturated rings. The number of nitrogens with zero attached hydrogens (tertiary/aromatic N) is 2. The van der Waals surface area contributed by atoms with Gasteiger partial charge in [-0.15, -0.1) is 0 Å². The number of ether oxygens (including phenoxy) is 1. The number of carbonyl (C=O) groups is 2. The maximum absolute atomic E-state index is 12.6. The fourth-order valence-corrected chi connectivity index (χ4v) is 3.13. The molecule has 1 N–H and O–H groups in total. The molecule has 0 aromatic heterocycles. The number of likely N-dealkylation sites (N-methyl/N-ethyl adjacent to an activating group) is 1. The molecule has 1 aliphatic rings. The normalized spacial score (nSPS) is 20.8. The molecule has 6 nitrogen and oxygen atoms in total. The third-order valence-electron chi connectivity index (χ3n) is 4.73. The molecule has 0 radical (unpaired) electrons. The van der Waals surface area contributed by atoms with Gasteiger partial charge < -0.3 is 19.9 Å². The number of benzene rings is 1.